The molecule has 4 unspecified atom stereocenters. The summed E-state index contributed by atoms with van der Waals surface area (Å²) in [5.41, 5.74) is 1.62. The van der Waals surface area contributed by atoms with Crippen LogP contribution in [0.5, 0.6) is 0 Å². The predicted octanol–water partition coefficient (Wildman–Crippen LogP) is 6.24. The van der Waals surface area contributed by atoms with Crippen LogP contribution in [0.3, 0.4) is 0 Å². The first-order chi connectivity index (χ1) is 18.9. The summed E-state index contributed by atoms with van der Waals surface area (Å²) < 4.78 is 31.2. The molecular formula is C25H24Cl6N2O7. The number of rotatable bonds is 7. The fraction of sp³-hybridized carbons (Fsp3) is 0.440. The minimum Gasteiger partial charge on any atom is -0.446 e. The van der Waals surface area contributed by atoms with Crippen LogP contribution in [0, 0.1) is 5.41 Å². The van der Waals surface area contributed by atoms with Crippen molar-refractivity contribution in [3.63, 3.8) is 0 Å². The first-order valence-electron chi connectivity index (χ1n) is 11.9. The summed E-state index contributed by atoms with van der Waals surface area (Å²) in [4.78, 5) is 12.8. The predicted molar refractivity (Wildman–Crippen MR) is 151 cm³/mol. The molecule has 2 aromatic carbocycles. The van der Waals surface area contributed by atoms with E-state index in [-0.39, 0.29) is 13.2 Å². The van der Waals surface area contributed by atoms with Crippen molar-refractivity contribution in [1.82, 2.24) is 5.32 Å². The number of nitrogens with one attached hydrogen (secondary N) is 2. The molecule has 6 atom stereocenters. The molecule has 2 aliphatic rings. The summed E-state index contributed by atoms with van der Waals surface area (Å²) in [6.45, 7) is -0.347. The summed E-state index contributed by atoms with van der Waals surface area (Å²) in [5.74, 6) is -0.746. The quantitative estimate of drug-likeness (QED) is 0.203. The highest BCUT2D eigenvalue weighted by molar-refractivity contribution is 6.76. The lowest BCUT2D eigenvalue weighted by Gasteiger charge is -2.49. The molecule has 2 fully saturated rings. The number of hydrogen-bond donors (Lipinski definition) is 2. The van der Waals surface area contributed by atoms with Gasteiger partial charge in [-0.1, -0.05) is 130 Å². The van der Waals surface area contributed by atoms with Crippen molar-refractivity contribution in [2.24, 2.45) is 0 Å². The Morgan fingerprint density at radius 2 is 1.62 bits per heavy atom. The lowest BCUT2D eigenvalue weighted by molar-refractivity contribution is -0.341. The van der Waals surface area contributed by atoms with Crippen LogP contribution in [0.25, 0.3) is 0 Å². The van der Waals surface area contributed by atoms with E-state index in [0.717, 1.165) is 11.1 Å². The van der Waals surface area contributed by atoms with Crippen LogP contribution >= 0.6 is 69.6 Å². The van der Waals surface area contributed by atoms with E-state index in [1.807, 2.05) is 60.7 Å². The molecule has 2 saturated heterocycles. The van der Waals surface area contributed by atoms with Crippen molar-refractivity contribution in [3.8, 4) is 0 Å². The molecule has 2 N–H and O–H groups in total. The molecule has 0 radical (unpaired) electrons. The summed E-state index contributed by atoms with van der Waals surface area (Å²) in [6.07, 6.45) is -5.56. The zero-order chi connectivity index (χ0) is 28.9. The van der Waals surface area contributed by atoms with Crippen LogP contribution < -0.4 is 5.32 Å². The molecule has 4 rings (SSSR count). The molecule has 0 aromatic heterocycles. The van der Waals surface area contributed by atoms with Gasteiger partial charge in [-0.2, -0.15) is 0 Å². The smallest absolute Gasteiger partial charge is 0.407 e. The topological polar surface area (TPSA) is 108 Å². The molecule has 0 saturated carbocycles. The van der Waals surface area contributed by atoms with Crippen LogP contribution in [0.1, 0.15) is 17.4 Å². The van der Waals surface area contributed by atoms with Gasteiger partial charge >= 0.3 is 6.09 Å². The van der Waals surface area contributed by atoms with Crippen LogP contribution in [0.2, 0.25) is 0 Å². The maximum atomic E-state index is 12.8. The number of fused-ring (bicyclic) bond motifs is 1. The van der Waals surface area contributed by atoms with Crippen molar-refractivity contribution in [2.45, 2.75) is 51.1 Å². The number of hydrogen-bond acceptors (Lipinski definition) is 8. The largest absolute Gasteiger partial charge is 0.446 e. The fourth-order valence-electron chi connectivity index (χ4n) is 4.08. The summed E-state index contributed by atoms with van der Waals surface area (Å²) >= 11 is 34.7. The van der Waals surface area contributed by atoms with E-state index in [1.165, 1.54) is 0 Å². The zero-order valence-electron chi connectivity index (χ0n) is 20.5. The van der Waals surface area contributed by atoms with Gasteiger partial charge < -0.3 is 33.7 Å². The zero-order valence-corrected chi connectivity index (χ0v) is 25.0. The monoisotopic (exact) mass is 674 g/mol. The first kappa shape index (κ1) is 31.7. The standard InChI is InChI=1S/C25H24Cl6N2O7/c26-24(27,28)13-37-23(34)33-17-19(35-11-14-7-3-1-4-8-14)18-16(38-21(17)40-22(32)25(29,30)31)12-36-20(39-18)15-9-5-2-6-10-15/h1-10,16-21,32H,11-13H2,(H,33,34)/t16?,17-,18+,19?,20?,21?/m0/s1. The van der Waals surface area contributed by atoms with Crippen molar-refractivity contribution in [2.75, 3.05) is 13.2 Å². The number of halogens is 6. The molecular weight excluding hydrogens is 653 g/mol. The molecule has 9 nitrogen and oxygen atoms in total. The normalized spacial score (nSPS) is 26.9. The maximum Gasteiger partial charge on any atom is 0.407 e. The fourth-order valence-corrected chi connectivity index (χ4v) is 4.38. The minimum atomic E-state index is -2.21. The highest BCUT2D eigenvalue weighted by Crippen LogP contribution is 2.37. The Hall–Kier alpha value is -1.24. The Bertz CT molecular complexity index is 1140. The lowest BCUT2D eigenvalue weighted by Crippen LogP contribution is -2.68. The van der Waals surface area contributed by atoms with E-state index in [9.17, 15) is 4.79 Å². The van der Waals surface area contributed by atoms with E-state index < -0.39 is 63.1 Å². The number of ether oxygens (including phenoxy) is 6. The highest BCUT2D eigenvalue weighted by Gasteiger charge is 2.53. The van der Waals surface area contributed by atoms with Crippen LogP contribution in [-0.2, 0) is 35.0 Å². The number of carbonyl (C=O) groups is 1. The molecule has 1 amide bonds. The van der Waals surface area contributed by atoms with Crippen molar-refractivity contribution < 1.29 is 33.2 Å². The number of benzene rings is 2. The van der Waals surface area contributed by atoms with Gasteiger partial charge in [0.1, 0.15) is 31.0 Å². The Labute approximate surface area is 260 Å². The van der Waals surface area contributed by atoms with Gasteiger partial charge in [0.05, 0.1) is 13.2 Å². The van der Waals surface area contributed by atoms with Crippen LogP contribution in [-0.4, -0.2) is 63.4 Å². The Morgan fingerprint density at radius 3 is 2.25 bits per heavy atom. The van der Waals surface area contributed by atoms with E-state index in [2.05, 4.69) is 5.32 Å². The molecule has 15 heteroatoms. The van der Waals surface area contributed by atoms with Gasteiger partial charge in [-0.15, -0.1) is 0 Å². The van der Waals surface area contributed by atoms with Gasteiger partial charge in [0.2, 0.25) is 16.0 Å². The SMILES string of the molecule is N=C(OC1OC2COC(c3ccccc3)O[C@H]2C(OCc2ccccc2)[C@@H]1NC(=O)OCC(Cl)(Cl)Cl)C(Cl)(Cl)Cl. The summed E-state index contributed by atoms with van der Waals surface area (Å²) in [7, 11) is 0. The van der Waals surface area contributed by atoms with E-state index in [1.54, 1.807) is 0 Å². The first-order valence-corrected chi connectivity index (χ1v) is 14.1. The van der Waals surface area contributed by atoms with Gasteiger partial charge in [-0.05, 0) is 5.56 Å². The Morgan fingerprint density at radius 1 is 0.975 bits per heavy atom. The Kier molecular flexibility index (Phi) is 11.0. The molecule has 0 spiro atoms. The molecule has 218 valence electrons. The molecule has 40 heavy (non-hydrogen) atoms. The molecule has 0 bridgehead atoms. The molecule has 2 aromatic rings. The maximum absolute atomic E-state index is 12.8. The van der Waals surface area contributed by atoms with E-state index >= 15 is 0 Å². The minimum absolute atomic E-state index is 0.0703. The Balaban J connectivity index is 1.63. The second kappa shape index (κ2) is 13.8. The van der Waals surface area contributed by atoms with Crippen molar-refractivity contribution >= 4 is 81.6 Å². The lowest BCUT2D eigenvalue weighted by atomic mass is 9.95. The third-order valence-corrected chi connectivity index (χ3v) is 6.68. The number of alkyl halides is 6. The van der Waals surface area contributed by atoms with Gasteiger partial charge in [-0.3, -0.25) is 5.41 Å². The summed E-state index contributed by atoms with van der Waals surface area (Å²) in [6, 6.07) is 17.5. The van der Waals surface area contributed by atoms with Gasteiger partial charge in [-0.25, -0.2) is 4.79 Å². The number of alkyl carbamates (subject to hydrolysis) is 1. The number of amides is 1. The second-order valence-corrected chi connectivity index (χ2v) is 13.6. The van der Waals surface area contributed by atoms with Gasteiger partial charge in [0.25, 0.3) is 3.79 Å². The van der Waals surface area contributed by atoms with Crippen molar-refractivity contribution in [3.05, 3.63) is 71.8 Å². The van der Waals surface area contributed by atoms with E-state index in [0.29, 0.717) is 0 Å². The average Bonchev–Trinajstić information content (AvgIpc) is 2.91. The van der Waals surface area contributed by atoms with Crippen molar-refractivity contribution in [1.29, 1.82) is 5.41 Å². The highest BCUT2D eigenvalue weighted by atomic mass is 35.6. The summed E-state index contributed by atoms with van der Waals surface area (Å²) in [5, 5.41) is 10.7. The van der Waals surface area contributed by atoms with Crippen LogP contribution in [0.15, 0.2) is 60.7 Å². The van der Waals surface area contributed by atoms with Gasteiger partial charge in [0, 0.05) is 5.56 Å². The second-order valence-electron chi connectivity index (χ2n) is 8.79. The molecule has 2 heterocycles. The molecule has 2 aliphatic heterocycles. The number of carbonyl (C=O) groups excluding carboxylic acids is 1. The average molecular weight is 677 g/mol. The van der Waals surface area contributed by atoms with Crippen LogP contribution in [0.4, 0.5) is 4.79 Å². The van der Waals surface area contributed by atoms with Gasteiger partial charge in [0.15, 0.2) is 6.29 Å². The third kappa shape index (κ3) is 8.88. The van der Waals surface area contributed by atoms with E-state index in [4.69, 9.17) is 103 Å². The molecule has 0 aliphatic carbocycles. The third-order valence-electron chi connectivity index (χ3n) is 5.84.